The van der Waals surface area contributed by atoms with Gasteiger partial charge in [0.15, 0.2) is 0 Å². The van der Waals surface area contributed by atoms with Crippen molar-refractivity contribution in [1.29, 1.82) is 0 Å². The quantitative estimate of drug-likeness (QED) is 0.362. The molecule has 0 fully saturated rings. The van der Waals surface area contributed by atoms with E-state index in [2.05, 4.69) is 37.5 Å². The second-order valence-corrected chi connectivity index (χ2v) is 9.14. The van der Waals surface area contributed by atoms with Crippen molar-refractivity contribution in [2.75, 3.05) is 11.4 Å². The van der Waals surface area contributed by atoms with E-state index in [9.17, 15) is 9.18 Å². The third-order valence-corrected chi connectivity index (χ3v) is 7.27. The summed E-state index contributed by atoms with van der Waals surface area (Å²) in [6.07, 6.45) is 3.31. The zero-order chi connectivity index (χ0) is 20.5. The van der Waals surface area contributed by atoms with Crippen LogP contribution in [-0.2, 0) is 25.9 Å². The van der Waals surface area contributed by atoms with E-state index in [1.807, 2.05) is 22.6 Å². The minimum absolute atomic E-state index is 0.180. The second kappa shape index (κ2) is 8.65. The average Bonchev–Trinajstić information content (AvgIpc) is 3.13. The van der Waals surface area contributed by atoms with Crippen molar-refractivity contribution < 1.29 is 4.39 Å². The lowest BCUT2D eigenvalue weighted by Gasteiger charge is -2.28. The van der Waals surface area contributed by atoms with Gasteiger partial charge in [0.05, 0.1) is 37.0 Å². The normalized spacial score (nSPS) is 14.0. The Kier molecular flexibility index (Phi) is 6.17. The van der Waals surface area contributed by atoms with Gasteiger partial charge in [-0.15, -0.1) is 5.10 Å². The molecule has 0 spiro atoms. The van der Waals surface area contributed by atoms with Gasteiger partial charge in [-0.1, -0.05) is 29.8 Å². The van der Waals surface area contributed by atoms with E-state index in [0.29, 0.717) is 25.3 Å². The van der Waals surface area contributed by atoms with E-state index >= 15 is 0 Å². The number of aryl methyl sites for hydroxylation is 1. The van der Waals surface area contributed by atoms with E-state index in [4.69, 9.17) is 11.6 Å². The fourth-order valence-electron chi connectivity index (χ4n) is 3.54. The van der Waals surface area contributed by atoms with Crippen molar-refractivity contribution in [3.8, 4) is 0 Å². The molecule has 0 N–H and O–H groups in total. The number of anilines is 1. The number of fused-ring (bicyclic) bond motifs is 1. The molecule has 1 aliphatic heterocycles. The van der Waals surface area contributed by atoms with Gasteiger partial charge >= 0.3 is 0 Å². The fraction of sp³-hybridized carbons (Fsp3) is 0.333. The molecule has 29 heavy (non-hydrogen) atoms. The Morgan fingerprint density at radius 2 is 2.17 bits per heavy atom. The summed E-state index contributed by atoms with van der Waals surface area (Å²) in [5.41, 5.74) is 4.26. The number of hydrogen-bond acceptors (Lipinski definition) is 5. The van der Waals surface area contributed by atoms with Crippen LogP contribution in [-0.4, -0.2) is 31.1 Å². The summed E-state index contributed by atoms with van der Waals surface area (Å²) in [7, 11) is 0. The van der Waals surface area contributed by atoms with Crippen LogP contribution in [0.15, 0.2) is 29.2 Å². The molecule has 0 bridgehead atoms. The molecule has 7 nitrogen and oxygen atoms in total. The summed E-state index contributed by atoms with van der Waals surface area (Å²) in [4.78, 5) is 14.3. The van der Waals surface area contributed by atoms with Crippen LogP contribution in [0.25, 0.3) is 0 Å². The minimum atomic E-state index is -0.283. The highest BCUT2D eigenvalue weighted by Gasteiger charge is 2.25. The molecular formula is C18H18ClFIN6OP. The smallest absolute Gasteiger partial charge is 0.291 e. The molecule has 3 aromatic rings. The van der Waals surface area contributed by atoms with E-state index < -0.39 is 0 Å². The van der Waals surface area contributed by atoms with Gasteiger partial charge < -0.3 is 4.90 Å². The number of halogens is 3. The highest BCUT2D eigenvalue weighted by atomic mass is 127. The van der Waals surface area contributed by atoms with Crippen LogP contribution in [0.2, 0.25) is 5.02 Å². The lowest BCUT2D eigenvalue weighted by atomic mass is 10.0. The number of nitrogens with zero attached hydrogens (tertiary/aromatic N) is 6. The van der Waals surface area contributed by atoms with Crippen molar-refractivity contribution >= 4 is 45.7 Å². The van der Waals surface area contributed by atoms with Gasteiger partial charge in [-0.3, -0.25) is 4.79 Å². The number of aromatic nitrogens is 5. The van der Waals surface area contributed by atoms with Gasteiger partial charge in [-0.25, -0.2) is 13.5 Å². The second-order valence-electron chi connectivity index (χ2n) is 6.72. The van der Waals surface area contributed by atoms with Crippen LogP contribution in [0.3, 0.4) is 0 Å². The molecule has 11 heteroatoms. The predicted octanol–water partition coefficient (Wildman–Crippen LogP) is 3.59. The first-order valence-electron chi connectivity index (χ1n) is 9.09. The van der Waals surface area contributed by atoms with Crippen LogP contribution >= 0.6 is 40.0 Å². The molecule has 1 aromatic carbocycles. The molecule has 1 aliphatic rings. The highest BCUT2D eigenvalue weighted by Crippen LogP contribution is 2.29. The summed E-state index contributed by atoms with van der Waals surface area (Å²) in [6.45, 7) is 3.76. The Morgan fingerprint density at radius 3 is 2.93 bits per heavy atom. The SMILES string of the molecule is CCc1cc(F)ccc1Cn1nnc2c1CCN(c1cnn(PI)c(=O)c1Cl)C2. The first-order chi connectivity index (χ1) is 14.0. The first-order valence-corrected chi connectivity index (χ1v) is 13.5. The van der Waals surface area contributed by atoms with E-state index in [0.717, 1.165) is 35.4 Å². The van der Waals surface area contributed by atoms with Gasteiger partial charge in [0.2, 0.25) is 0 Å². The van der Waals surface area contributed by atoms with Crippen LogP contribution in [0, 0.1) is 5.82 Å². The Hall–Kier alpha value is -1.58. The van der Waals surface area contributed by atoms with Crippen molar-refractivity contribution in [2.45, 2.75) is 32.9 Å². The van der Waals surface area contributed by atoms with Crippen LogP contribution in [0.4, 0.5) is 10.1 Å². The lowest BCUT2D eigenvalue weighted by molar-refractivity contribution is 0.597. The molecule has 0 radical (unpaired) electrons. The standard InChI is InChI=1S/C18H18ClFIN6OP/c1-2-11-7-13(20)4-3-12(11)9-26-15-5-6-25(10-14(15)23-24-26)16-8-22-27(29-21)18(28)17(16)19/h3-4,7-8,29H,2,5-6,9-10H2,1H3. The van der Waals surface area contributed by atoms with E-state index in [1.54, 1.807) is 12.3 Å². The summed E-state index contributed by atoms with van der Waals surface area (Å²) in [5, 5.41) is 13.0. The van der Waals surface area contributed by atoms with E-state index in [-0.39, 0.29) is 22.8 Å². The highest BCUT2D eigenvalue weighted by molar-refractivity contribution is 14.2. The lowest BCUT2D eigenvalue weighted by Crippen LogP contribution is -2.33. The molecule has 0 aliphatic carbocycles. The number of benzene rings is 1. The Balaban J connectivity index is 1.58. The Bertz CT molecular complexity index is 1120. The fourth-order valence-corrected chi connectivity index (χ4v) is 5.18. The maximum Gasteiger partial charge on any atom is 0.291 e. The summed E-state index contributed by atoms with van der Waals surface area (Å²) < 4.78 is 16.8. The average molecular weight is 547 g/mol. The van der Waals surface area contributed by atoms with Gasteiger partial charge in [0.25, 0.3) is 5.56 Å². The molecule has 1 unspecified atom stereocenters. The zero-order valence-corrected chi connectivity index (χ0v) is 19.5. The minimum Gasteiger partial charge on any atom is -0.362 e. The largest absolute Gasteiger partial charge is 0.362 e. The van der Waals surface area contributed by atoms with Crippen LogP contribution in [0.5, 0.6) is 0 Å². The third-order valence-electron chi connectivity index (χ3n) is 5.07. The van der Waals surface area contributed by atoms with Gasteiger partial charge in [-0.2, -0.15) is 5.10 Å². The van der Waals surface area contributed by atoms with Crippen LogP contribution in [0.1, 0.15) is 29.4 Å². The monoisotopic (exact) mass is 546 g/mol. The van der Waals surface area contributed by atoms with Crippen molar-refractivity contribution in [3.63, 3.8) is 0 Å². The van der Waals surface area contributed by atoms with Crippen LogP contribution < -0.4 is 10.5 Å². The molecule has 4 rings (SSSR count). The molecule has 3 heterocycles. The predicted molar refractivity (Wildman–Crippen MR) is 121 cm³/mol. The number of rotatable bonds is 5. The zero-order valence-electron chi connectivity index (χ0n) is 15.6. The topological polar surface area (TPSA) is 68.8 Å². The maximum atomic E-state index is 13.5. The van der Waals surface area contributed by atoms with Crippen molar-refractivity contribution in [2.24, 2.45) is 0 Å². The van der Waals surface area contributed by atoms with Crippen molar-refractivity contribution in [1.82, 2.24) is 24.5 Å². The molecule has 1 atom stereocenters. The third kappa shape index (κ3) is 4.04. The van der Waals surface area contributed by atoms with E-state index in [1.165, 1.54) is 10.5 Å². The summed E-state index contributed by atoms with van der Waals surface area (Å²) >= 11 is 8.41. The summed E-state index contributed by atoms with van der Waals surface area (Å²) in [5.74, 6) is -0.225. The molecule has 0 amide bonds. The Morgan fingerprint density at radius 1 is 1.34 bits per heavy atom. The molecular weight excluding hydrogens is 529 g/mol. The molecule has 0 saturated heterocycles. The van der Waals surface area contributed by atoms with Gasteiger partial charge in [-0.05, 0) is 51.7 Å². The molecule has 0 saturated carbocycles. The van der Waals surface area contributed by atoms with Gasteiger partial charge in [0, 0.05) is 13.0 Å². The van der Waals surface area contributed by atoms with Crippen molar-refractivity contribution in [3.05, 3.63) is 68.1 Å². The number of hydrogen-bond donors (Lipinski definition) is 0. The van der Waals surface area contributed by atoms with Gasteiger partial charge in [0.1, 0.15) is 16.5 Å². The first kappa shape index (κ1) is 20.7. The maximum absolute atomic E-state index is 13.5. The molecule has 2 aromatic heterocycles. The molecule has 152 valence electrons. The summed E-state index contributed by atoms with van der Waals surface area (Å²) in [6, 6.07) is 4.87. The Labute approximate surface area is 186 Å².